The predicted molar refractivity (Wildman–Crippen MR) is 64.6 cm³/mol. The van der Waals surface area contributed by atoms with E-state index in [-0.39, 0.29) is 11.4 Å². The molecule has 0 saturated carbocycles. The average molecular weight is 295 g/mol. The zero-order valence-corrected chi connectivity index (χ0v) is 10.8. The molecule has 2 N–H and O–H groups in total. The zero-order chi connectivity index (χ0) is 14.5. The summed E-state index contributed by atoms with van der Waals surface area (Å²) in [5.41, 5.74) is 0.505. The maximum absolute atomic E-state index is 12.3. The van der Waals surface area contributed by atoms with Crippen LogP contribution >= 0.6 is 0 Å². The summed E-state index contributed by atoms with van der Waals surface area (Å²) in [4.78, 5) is 34.5. The molecule has 2 heterocycles. The van der Waals surface area contributed by atoms with Crippen LogP contribution in [-0.4, -0.2) is 36.6 Å². The van der Waals surface area contributed by atoms with Gasteiger partial charge in [0, 0.05) is 6.54 Å². The number of fused-ring (bicyclic) bond motifs is 1. The molecule has 8 nitrogen and oxygen atoms in total. The Bertz CT molecular complexity index is 722. The van der Waals surface area contributed by atoms with Crippen molar-refractivity contribution in [1.82, 2.24) is 14.9 Å². The maximum Gasteiger partial charge on any atom is 0.328 e. The highest BCUT2D eigenvalue weighted by molar-refractivity contribution is 7.89. The number of hydrogen-bond donors (Lipinski definition) is 2. The van der Waals surface area contributed by atoms with Crippen LogP contribution in [0, 0.1) is 0 Å². The molecule has 1 aromatic rings. The Hall–Kier alpha value is -2.26. The van der Waals surface area contributed by atoms with Gasteiger partial charge in [-0.25, -0.2) is 13.2 Å². The molecule has 20 heavy (non-hydrogen) atoms. The van der Waals surface area contributed by atoms with Gasteiger partial charge in [-0.3, -0.25) is 20.2 Å². The van der Waals surface area contributed by atoms with Crippen LogP contribution in [0.5, 0.6) is 0 Å². The minimum atomic E-state index is -3.93. The first-order chi connectivity index (χ1) is 9.41. The molecule has 4 amide bonds. The van der Waals surface area contributed by atoms with Gasteiger partial charge < -0.3 is 0 Å². The van der Waals surface area contributed by atoms with Crippen molar-refractivity contribution >= 4 is 27.9 Å². The van der Waals surface area contributed by atoms with E-state index in [2.05, 4.69) is 0 Å². The number of amides is 4. The second-order valence-corrected chi connectivity index (χ2v) is 6.23. The molecule has 0 aromatic heterocycles. The molecular formula is C11H9N3O5S. The van der Waals surface area contributed by atoms with Crippen molar-refractivity contribution in [3.63, 3.8) is 0 Å². The predicted octanol–water partition coefficient (Wildman–Crippen LogP) is -1.07. The topological polar surface area (TPSA) is 113 Å². The Kier molecular flexibility index (Phi) is 2.63. The summed E-state index contributed by atoms with van der Waals surface area (Å²) >= 11 is 0. The third kappa shape index (κ3) is 1.71. The van der Waals surface area contributed by atoms with E-state index >= 15 is 0 Å². The molecule has 0 aliphatic carbocycles. The van der Waals surface area contributed by atoms with Crippen molar-refractivity contribution in [3.8, 4) is 0 Å². The lowest BCUT2D eigenvalue weighted by Crippen LogP contribution is -2.64. The van der Waals surface area contributed by atoms with Gasteiger partial charge in [0.2, 0.25) is 10.0 Å². The molecule has 1 fully saturated rings. The first-order valence-corrected chi connectivity index (χ1v) is 7.11. The molecule has 0 atom stereocenters. The monoisotopic (exact) mass is 295 g/mol. The van der Waals surface area contributed by atoms with E-state index in [0.29, 0.717) is 5.56 Å². The van der Waals surface area contributed by atoms with Crippen molar-refractivity contribution in [3.05, 3.63) is 29.8 Å². The molecule has 3 rings (SSSR count). The van der Waals surface area contributed by atoms with Crippen LogP contribution in [-0.2, 0) is 26.2 Å². The molecule has 0 unspecified atom stereocenters. The summed E-state index contributed by atoms with van der Waals surface area (Å²) in [6.07, 6.45) is 0. The smallest absolute Gasteiger partial charge is 0.276 e. The average Bonchev–Trinajstić information content (AvgIpc) is 2.61. The van der Waals surface area contributed by atoms with E-state index in [4.69, 9.17) is 0 Å². The molecule has 0 spiro atoms. The summed E-state index contributed by atoms with van der Waals surface area (Å²) < 4.78 is 25.5. The number of rotatable bonds is 1. The van der Waals surface area contributed by atoms with E-state index in [1.807, 2.05) is 10.6 Å². The Balaban J connectivity index is 2.03. The number of imide groups is 2. The maximum atomic E-state index is 12.3. The number of sulfonamides is 1. The van der Waals surface area contributed by atoms with Crippen LogP contribution in [0.2, 0.25) is 0 Å². The van der Waals surface area contributed by atoms with Crippen LogP contribution in [0.4, 0.5) is 4.79 Å². The fourth-order valence-corrected chi connectivity index (χ4v) is 4.01. The SMILES string of the molecule is O=C1NC(=O)C(N2Cc3ccccc3S2(=O)=O)C(=O)N1. The van der Waals surface area contributed by atoms with Crippen molar-refractivity contribution in [2.75, 3.05) is 0 Å². The molecule has 2 aliphatic rings. The number of nitrogens with one attached hydrogen (secondary N) is 2. The largest absolute Gasteiger partial charge is 0.328 e. The Labute approximate surface area is 113 Å². The highest BCUT2D eigenvalue weighted by Crippen LogP contribution is 2.32. The number of carbonyl (C=O) groups is 3. The Morgan fingerprint density at radius 3 is 2.25 bits per heavy atom. The number of nitrogens with zero attached hydrogens (tertiary/aromatic N) is 1. The van der Waals surface area contributed by atoms with Gasteiger partial charge in [-0.05, 0) is 11.6 Å². The van der Waals surface area contributed by atoms with E-state index in [1.54, 1.807) is 18.2 Å². The number of carbonyl (C=O) groups excluding carboxylic acids is 3. The van der Waals surface area contributed by atoms with Gasteiger partial charge in [-0.2, -0.15) is 4.31 Å². The third-order valence-electron chi connectivity index (χ3n) is 3.14. The molecular weight excluding hydrogens is 286 g/mol. The fourth-order valence-electron chi connectivity index (χ4n) is 2.27. The molecule has 9 heteroatoms. The van der Waals surface area contributed by atoms with E-state index in [1.165, 1.54) is 6.07 Å². The summed E-state index contributed by atoms with van der Waals surface area (Å²) in [7, 11) is -3.93. The second kappa shape index (κ2) is 4.12. The second-order valence-electron chi connectivity index (χ2n) is 4.37. The van der Waals surface area contributed by atoms with Crippen molar-refractivity contribution in [1.29, 1.82) is 0 Å². The van der Waals surface area contributed by atoms with Crippen molar-refractivity contribution < 1.29 is 22.8 Å². The summed E-state index contributed by atoms with van der Waals surface area (Å²) in [5, 5.41) is 3.77. The van der Waals surface area contributed by atoms with Crippen molar-refractivity contribution in [2.45, 2.75) is 17.5 Å². The zero-order valence-electron chi connectivity index (χ0n) is 9.99. The lowest BCUT2D eigenvalue weighted by Gasteiger charge is -2.27. The normalized spacial score (nSPS) is 22.3. The summed E-state index contributed by atoms with van der Waals surface area (Å²) in [6, 6.07) is 3.72. The number of urea groups is 1. The molecule has 2 aliphatic heterocycles. The van der Waals surface area contributed by atoms with Gasteiger partial charge in [0.15, 0.2) is 6.04 Å². The number of hydrogen-bond acceptors (Lipinski definition) is 5. The van der Waals surface area contributed by atoms with Gasteiger partial charge in [-0.1, -0.05) is 18.2 Å². The number of barbiturate groups is 1. The fraction of sp³-hybridized carbons (Fsp3) is 0.182. The highest BCUT2D eigenvalue weighted by Gasteiger charge is 2.48. The first kappa shape index (κ1) is 12.8. The van der Waals surface area contributed by atoms with Crippen LogP contribution in [0.15, 0.2) is 29.2 Å². The molecule has 0 radical (unpaired) electrons. The van der Waals surface area contributed by atoms with Gasteiger partial charge >= 0.3 is 6.03 Å². The molecule has 0 bridgehead atoms. The van der Waals surface area contributed by atoms with Crippen LogP contribution < -0.4 is 10.6 Å². The highest BCUT2D eigenvalue weighted by atomic mass is 32.2. The summed E-state index contributed by atoms with van der Waals surface area (Å²) in [6.45, 7) is -0.0851. The number of benzene rings is 1. The minimum Gasteiger partial charge on any atom is -0.276 e. The molecule has 1 saturated heterocycles. The van der Waals surface area contributed by atoms with E-state index in [9.17, 15) is 22.8 Å². The van der Waals surface area contributed by atoms with Gasteiger partial charge in [-0.15, -0.1) is 0 Å². The van der Waals surface area contributed by atoms with E-state index in [0.717, 1.165) is 4.31 Å². The van der Waals surface area contributed by atoms with Gasteiger partial charge in [0.1, 0.15) is 0 Å². The summed E-state index contributed by atoms with van der Waals surface area (Å²) in [5.74, 6) is -1.90. The van der Waals surface area contributed by atoms with Crippen LogP contribution in [0.1, 0.15) is 5.56 Å². The van der Waals surface area contributed by atoms with Crippen LogP contribution in [0.3, 0.4) is 0 Å². The molecule has 1 aromatic carbocycles. The third-order valence-corrected chi connectivity index (χ3v) is 5.06. The first-order valence-electron chi connectivity index (χ1n) is 5.67. The van der Waals surface area contributed by atoms with E-state index < -0.39 is 33.9 Å². The molecule has 104 valence electrons. The minimum absolute atomic E-state index is 0.0671. The Morgan fingerprint density at radius 1 is 1.05 bits per heavy atom. The van der Waals surface area contributed by atoms with Gasteiger partial charge in [0.05, 0.1) is 4.90 Å². The standard InChI is InChI=1S/C11H9N3O5S/c15-9-8(10(16)13-11(17)12-9)14-5-6-3-1-2-4-7(6)20(14,18)19/h1-4,8H,5H2,(H2,12,13,15,16,17). The Morgan fingerprint density at radius 2 is 1.65 bits per heavy atom. The lowest BCUT2D eigenvalue weighted by molar-refractivity contribution is -0.135. The van der Waals surface area contributed by atoms with Gasteiger partial charge in [0.25, 0.3) is 11.8 Å². The quantitative estimate of drug-likeness (QED) is 0.640. The van der Waals surface area contributed by atoms with Crippen LogP contribution in [0.25, 0.3) is 0 Å². The van der Waals surface area contributed by atoms with Crippen molar-refractivity contribution in [2.24, 2.45) is 0 Å². The lowest BCUT2D eigenvalue weighted by atomic mass is 10.2.